The maximum atomic E-state index is 12.6. The lowest BCUT2D eigenvalue weighted by atomic mass is 10.2. The second-order valence-corrected chi connectivity index (χ2v) is 9.42. The number of carbonyl (C=O) groups excluding carboxylic acids is 1. The van der Waals surface area contributed by atoms with Gasteiger partial charge in [-0.05, 0) is 36.4 Å². The number of carbonyl (C=O) groups is 1. The van der Waals surface area contributed by atoms with E-state index >= 15 is 0 Å². The molecule has 0 bridgehead atoms. The standard InChI is InChI=1S/C19H21Cl2N3O3S/c1-22(28(26,27)16-8-6-15(20)7-9-16)14-19(25)24-12-10-23(11-13-24)18-5-3-2-4-17(18)21/h2-9H,10-14H2,1H3. The van der Waals surface area contributed by atoms with E-state index in [-0.39, 0.29) is 17.3 Å². The topological polar surface area (TPSA) is 60.9 Å². The summed E-state index contributed by atoms with van der Waals surface area (Å²) in [5.74, 6) is -0.223. The number of likely N-dealkylation sites (N-methyl/N-ethyl adjacent to an activating group) is 1. The van der Waals surface area contributed by atoms with Gasteiger partial charge in [0.05, 0.1) is 22.2 Å². The fraction of sp³-hybridized carbons (Fsp3) is 0.316. The number of hydrogen-bond donors (Lipinski definition) is 0. The number of anilines is 1. The SMILES string of the molecule is CN(CC(=O)N1CCN(c2ccccc2Cl)CC1)S(=O)(=O)c1ccc(Cl)cc1. The van der Waals surface area contributed by atoms with Crippen LogP contribution in [0.5, 0.6) is 0 Å². The van der Waals surface area contributed by atoms with Crippen molar-refractivity contribution in [2.45, 2.75) is 4.90 Å². The van der Waals surface area contributed by atoms with Crippen molar-refractivity contribution in [2.24, 2.45) is 0 Å². The van der Waals surface area contributed by atoms with E-state index < -0.39 is 10.0 Å². The number of benzene rings is 2. The van der Waals surface area contributed by atoms with Crippen molar-refractivity contribution in [1.82, 2.24) is 9.21 Å². The maximum absolute atomic E-state index is 12.6. The minimum atomic E-state index is -3.75. The first-order chi connectivity index (χ1) is 13.3. The normalized spacial score (nSPS) is 15.1. The Morgan fingerprint density at radius 2 is 1.61 bits per heavy atom. The highest BCUT2D eigenvalue weighted by Crippen LogP contribution is 2.26. The Labute approximate surface area is 175 Å². The zero-order valence-electron chi connectivity index (χ0n) is 15.4. The summed E-state index contributed by atoms with van der Waals surface area (Å²) >= 11 is 12.1. The lowest BCUT2D eigenvalue weighted by Crippen LogP contribution is -2.51. The molecule has 150 valence electrons. The van der Waals surface area contributed by atoms with Gasteiger partial charge in [-0.1, -0.05) is 35.3 Å². The van der Waals surface area contributed by atoms with Crippen LogP contribution in [0.4, 0.5) is 5.69 Å². The summed E-state index contributed by atoms with van der Waals surface area (Å²) in [6.45, 7) is 2.10. The van der Waals surface area contributed by atoms with Gasteiger partial charge >= 0.3 is 0 Å². The van der Waals surface area contributed by atoms with Gasteiger partial charge in [0.2, 0.25) is 15.9 Å². The van der Waals surface area contributed by atoms with Gasteiger partial charge in [0.1, 0.15) is 0 Å². The molecule has 1 aliphatic heterocycles. The molecular weight excluding hydrogens is 421 g/mol. The largest absolute Gasteiger partial charge is 0.367 e. The van der Waals surface area contributed by atoms with Crippen molar-refractivity contribution in [1.29, 1.82) is 0 Å². The van der Waals surface area contributed by atoms with E-state index in [1.54, 1.807) is 4.90 Å². The third kappa shape index (κ3) is 4.60. The highest BCUT2D eigenvalue weighted by atomic mass is 35.5. The highest BCUT2D eigenvalue weighted by molar-refractivity contribution is 7.89. The minimum Gasteiger partial charge on any atom is -0.367 e. The Bertz CT molecular complexity index is 943. The molecule has 2 aromatic rings. The van der Waals surface area contributed by atoms with E-state index in [1.807, 2.05) is 24.3 Å². The summed E-state index contributed by atoms with van der Waals surface area (Å²) < 4.78 is 26.3. The Hall–Kier alpha value is -1.80. The second kappa shape index (κ2) is 8.69. The molecule has 28 heavy (non-hydrogen) atoms. The lowest BCUT2D eigenvalue weighted by molar-refractivity contribution is -0.131. The molecule has 1 amide bonds. The fourth-order valence-electron chi connectivity index (χ4n) is 3.07. The van der Waals surface area contributed by atoms with Gasteiger partial charge in [-0.15, -0.1) is 0 Å². The molecule has 0 aliphatic carbocycles. The number of hydrogen-bond acceptors (Lipinski definition) is 4. The molecule has 1 saturated heterocycles. The molecule has 0 atom stereocenters. The number of sulfonamides is 1. The predicted molar refractivity (Wildman–Crippen MR) is 112 cm³/mol. The highest BCUT2D eigenvalue weighted by Gasteiger charge is 2.27. The lowest BCUT2D eigenvalue weighted by Gasteiger charge is -2.37. The van der Waals surface area contributed by atoms with Crippen LogP contribution in [-0.4, -0.2) is 63.3 Å². The molecular formula is C19H21Cl2N3O3S. The molecule has 0 saturated carbocycles. The van der Waals surface area contributed by atoms with Gasteiger partial charge in [0.15, 0.2) is 0 Å². The van der Waals surface area contributed by atoms with Crippen molar-refractivity contribution < 1.29 is 13.2 Å². The summed E-state index contributed by atoms with van der Waals surface area (Å²) in [5, 5.41) is 1.13. The van der Waals surface area contributed by atoms with Crippen LogP contribution < -0.4 is 4.90 Å². The van der Waals surface area contributed by atoms with Gasteiger partial charge in [-0.25, -0.2) is 8.42 Å². The maximum Gasteiger partial charge on any atom is 0.243 e. The van der Waals surface area contributed by atoms with Gasteiger partial charge < -0.3 is 9.80 Å². The fourth-order valence-corrected chi connectivity index (χ4v) is 4.57. The smallest absolute Gasteiger partial charge is 0.243 e. The average Bonchev–Trinajstić information content (AvgIpc) is 2.69. The summed E-state index contributed by atoms with van der Waals surface area (Å²) in [4.78, 5) is 16.5. The quantitative estimate of drug-likeness (QED) is 0.715. The van der Waals surface area contributed by atoms with E-state index in [0.29, 0.717) is 36.2 Å². The number of nitrogens with zero attached hydrogens (tertiary/aromatic N) is 3. The van der Waals surface area contributed by atoms with E-state index in [4.69, 9.17) is 23.2 Å². The molecule has 3 rings (SSSR count). The van der Waals surface area contributed by atoms with Gasteiger partial charge in [0, 0.05) is 38.2 Å². The summed E-state index contributed by atoms with van der Waals surface area (Å²) in [7, 11) is -2.34. The summed E-state index contributed by atoms with van der Waals surface area (Å²) in [6.07, 6.45) is 0. The van der Waals surface area contributed by atoms with E-state index in [9.17, 15) is 13.2 Å². The zero-order chi connectivity index (χ0) is 20.3. The Kier molecular flexibility index (Phi) is 6.50. The van der Waals surface area contributed by atoms with Crippen molar-refractivity contribution in [3.63, 3.8) is 0 Å². The first-order valence-corrected chi connectivity index (χ1v) is 11.0. The van der Waals surface area contributed by atoms with Crippen LogP contribution in [0.1, 0.15) is 0 Å². The number of amides is 1. The molecule has 1 fully saturated rings. The minimum absolute atomic E-state index is 0.107. The molecule has 1 heterocycles. The van der Waals surface area contributed by atoms with Crippen molar-refractivity contribution >= 4 is 44.8 Å². The molecule has 9 heteroatoms. The van der Waals surface area contributed by atoms with Gasteiger partial charge in [-0.2, -0.15) is 4.31 Å². The molecule has 0 spiro atoms. The van der Waals surface area contributed by atoms with Gasteiger partial charge in [0.25, 0.3) is 0 Å². The molecule has 0 N–H and O–H groups in total. The monoisotopic (exact) mass is 441 g/mol. The van der Waals surface area contributed by atoms with E-state index in [2.05, 4.69) is 4.90 Å². The molecule has 0 aromatic heterocycles. The molecule has 6 nitrogen and oxygen atoms in total. The van der Waals surface area contributed by atoms with Crippen LogP contribution in [0.2, 0.25) is 10.0 Å². The number of rotatable bonds is 5. The number of piperazine rings is 1. The number of para-hydroxylation sites is 1. The number of halogens is 2. The molecule has 2 aromatic carbocycles. The first-order valence-electron chi connectivity index (χ1n) is 8.78. The van der Waals surface area contributed by atoms with Crippen LogP contribution in [0.15, 0.2) is 53.4 Å². The van der Waals surface area contributed by atoms with Crippen LogP contribution >= 0.6 is 23.2 Å². The Morgan fingerprint density at radius 1 is 1.00 bits per heavy atom. The Morgan fingerprint density at radius 3 is 2.21 bits per heavy atom. The van der Waals surface area contributed by atoms with Crippen LogP contribution in [0.3, 0.4) is 0 Å². The Balaban J connectivity index is 1.59. The van der Waals surface area contributed by atoms with Crippen LogP contribution in [-0.2, 0) is 14.8 Å². The van der Waals surface area contributed by atoms with Crippen molar-refractivity contribution in [3.05, 3.63) is 58.6 Å². The van der Waals surface area contributed by atoms with Crippen molar-refractivity contribution in [3.8, 4) is 0 Å². The molecule has 0 radical (unpaired) electrons. The first kappa shape index (κ1) is 20.9. The summed E-state index contributed by atoms with van der Waals surface area (Å²) in [5.41, 5.74) is 0.943. The van der Waals surface area contributed by atoms with E-state index in [1.165, 1.54) is 31.3 Å². The predicted octanol–water partition coefficient (Wildman–Crippen LogP) is 2.96. The summed E-state index contributed by atoms with van der Waals surface area (Å²) in [6, 6.07) is 13.5. The molecule has 0 unspecified atom stereocenters. The second-order valence-electron chi connectivity index (χ2n) is 6.53. The van der Waals surface area contributed by atoms with Crippen LogP contribution in [0.25, 0.3) is 0 Å². The zero-order valence-corrected chi connectivity index (χ0v) is 17.7. The van der Waals surface area contributed by atoms with Crippen molar-refractivity contribution in [2.75, 3.05) is 44.7 Å². The van der Waals surface area contributed by atoms with Crippen LogP contribution in [0, 0.1) is 0 Å². The van der Waals surface area contributed by atoms with Gasteiger partial charge in [-0.3, -0.25) is 4.79 Å². The third-order valence-electron chi connectivity index (χ3n) is 4.71. The van der Waals surface area contributed by atoms with E-state index in [0.717, 1.165) is 9.99 Å². The molecule has 1 aliphatic rings. The third-order valence-corrected chi connectivity index (χ3v) is 7.09. The average molecular weight is 442 g/mol.